The lowest BCUT2D eigenvalue weighted by Crippen LogP contribution is -2.42. The highest BCUT2D eigenvalue weighted by Crippen LogP contribution is 2.22. The van der Waals surface area contributed by atoms with Crippen LogP contribution < -0.4 is 5.32 Å². The molecule has 1 rings (SSSR count). The number of nitrogens with one attached hydrogen (secondary N) is 1. The molecule has 1 N–H and O–H groups in total. The molecule has 0 bridgehead atoms. The van der Waals surface area contributed by atoms with Gasteiger partial charge in [-0.05, 0) is 44.0 Å². The summed E-state index contributed by atoms with van der Waals surface area (Å²) in [5.41, 5.74) is 2.81. The maximum atomic E-state index is 3.67. The zero-order chi connectivity index (χ0) is 15.8. The van der Waals surface area contributed by atoms with Crippen LogP contribution in [-0.2, 0) is 6.42 Å². The highest BCUT2D eigenvalue weighted by Gasteiger charge is 2.22. The highest BCUT2D eigenvalue weighted by molar-refractivity contribution is 5.26. The van der Waals surface area contributed by atoms with E-state index in [-0.39, 0.29) is 0 Å². The lowest BCUT2D eigenvalue weighted by Gasteiger charge is -2.34. The van der Waals surface area contributed by atoms with Crippen LogP contribution in [0.15, 0.2) is 24.3 Å². The summed E-state index contributed by atoms with van der Waals surface area (Å²) in [5.74, 6) is 0.752. The summed E-state index contributed by atoms with van der Waals surface area (Å²) in [6.07, 6.45) is 2.35. The Labute approximate surface area is 131 Å². The predicted octanol–water partition coefficient (Wildman–Crippen LogP) is 4.27. The summed E-state index contributed by atoms with van der Waals surface area (Å²) in [7, 11) is 2.25. The molecule has 0 radical (unpaired) electrons. The Kier molecular flexibility index (Phi) is 7.98. The van der Waals surface area contributed by atoms with Gasteiger partial charge >= 0.3 is 0 Å². The van der Waals surface area contributed by atoms with Crippen LogP contribution in [0.25, 0.3) is 0 Å². The monoisotopic (exact) mass is 290 g/mol. The van der Waals surface area contributed by atoms with E-state index < -0.39 is 0 Å². The second kappa shape index (κ2) is 9.22. The average Bonchev–Trinajstić information content (AvgIpc) is 2.51. The lowest BCUT2D eigenvalue weighted by molar-refractivity contribution is 0.182. The van der Waals surface area contributed by atoms with Crippen LogP contribution >= 0.6 is 0 Å². The molecule has 0 heterocycles. The van der Waals surface area contributed by atoms with Gasteiger partial charge in [0, 0.05) is 18.6 Å². The smallest absolute Gasteiger partial charge is 0.0475 e. The molecule has 21 heavy (non-hydrogen) atoms. The Morgan fingerprint density at radius 1 is 1.05 bits per heavy atom. The largest absolute Gasteiger partial charge is 0.309 e. The second-order valence-corrected chi connectivity index (χ2v) is 6.32. The fraction of sp³-hybridized carbons (Fsp3) is 0.684. The van der Waals surface area contributed by atoms with Gasteiger partial charge in [0.25, 0.3) is 0 Å². The summed E-state index contributed by atoms with van der Waals surface area (Å²) in [6.45, 7) is 13.5. The third-order valence-electron chi connectivity index (χ3n) is 4.65. The maximum absolute atomic E-state index is 3.67. The van der Waals surface area contributed by atoms with E-state index in [1.165, 1.54) is 17.5 Å². The summed E-state index contributed by atoms with van der Waals surface area (Å²) in [4.78, 5) is 2.50. The third-order valence-corrected chi connectivity index (χ3v) is 4.65. The van der Waals surface area contributed by atoms with Crippen LogP contribution in [0.2, 0.25) is 0 Å². The summed E-state index contributed by atoms with van der Waals surface area (Å²) >= 11 is 0. The SMILES string of the molecule is CCNC(c1ccc(CC)cc1)C(C)N(C)CC(C)CC. The van der Waals surface area contributed by atoms with Gasteiger partial charge in [-0.2, -0.15) is 0 Å². The first-order chi connectivity index (χ1) is 10.0. The number of hydrogen-bond acceptors (Lipinski definition) is 2. The molecular weight excluding hydrogens is 256 g/mol. The minimum atomic E-state index is 0.398. The molecule has 0 saturated heterocycles. The average molecular weight is 290 g/mol. The van der Waals surface area contributed by atoms with Gasteiger partial charge in [-0.25, -0.2) is 0 Å². The van der Waals surface area contributed by atoms with Gasteiger partial charge in [0.1, 0.15) is 0 Å². The number of rotatable bonds is 9. The molecule has 1 aromatic carbocycles. The first-order valence-corrected chi connectivity index (χ1v) is 8.55. The molecule has 1 aromatic rings. The van der Waals surface area contributed by atoms with E-state index in [4.69, 9.17) is 0 Å². The molecule has 0 fully saturated rings. The molecule has 0 amide bonds. The van der Waals surface area contributed by atoms with Crippen molar-refractivity contribution in [2.45, 2.75) is 59.5 Å². The van der Waals surface area contributed by atoms with E-state index >= 15 is 0 Å². The molecule has 0 aliphatic carbocycles. The van der Waals surface area contributed by atoms with Crippen LogP contribution in [-0.4, -0.2) is 31.1 Å². The molecular formula is C19H34N2. The normalized spacial score (nSPS) is 16.0. The quantitative estimate of drug-likeness (QED) is 0.731. The number of aryl methyl sites for hydroxylation is 1. The highest BCUT2D eigenvalue weighted by atomic mass is 15.2. The molecule has 2 heteroatoms. The molecule has 3 unspecified atom stereocenters. The van der Waals surface area contributed by atoms with E-state index in [0.717, 1.165) is 25.4 Å². The molecule has 0 aliphatic heterocycles. The van der Waals surface area contributed by atoms with Crippen molar-refractivity contribution in [1.82, 2.24) is 10.2 Å². The van der Waals surface area contributed by atoms with E-state index in [0.29, 0.717) is 12.1 Å². The van der Waals surface area contributed by atoms with Crippen LogP contribution in [0.3, 0.4) is 0 Å². The first-order valence-electron chi connectivity index (χ1n) is 8.55. The van der Waals surface area contributed by atoms with Crippen molar-refractivity contribution in [3.8, 4) is 0 Å². The van der Waals surface area contributed by atoms with Crippen LogP contribution in [0.1, 0.15) is 58.2 Å². The van der Waals surface area contributed by atoms with Crippen molar-refractivity contribution in [2.75, 3.05) is 20.1 Å². The number of likely N-dealkylation sites (N-methyl/N-ethyl adjacent to an activating group) is 2. The van der Waals surface area contributed by atoms with Crippen molar-refractivity contribution in [2.24, 2.45) is 5.92 Å². The third kappa shape index (κ3) is 5.44. The number of hydrogen-bond donors (Lipinski definition) is 1. The van der Waals surface area contributed by atoms with Gasteiger partial charge < -0.3 is 10.2 Å². The fourth-order valence-corrected chi connectivity index (χ4v) is 2.79. The Morgan fingerprint density at radius 2 is 1.67 bits per heavy atom. The molecule has 0 spiro atoms. The van der Waals surface area contributed by atoms with E-state index in [1.54, 1.807) is 0 Å². The summed E-state index contributed by atoms with van der Waals surface area (Å²) < 4.78 is 0. The Morgan fingerprint density at radius 3 is 2.14 bits per heavy atom. The van der Waals surface area contributed by atoms with Crippen LogP contribution in [0.5, 0.6) is 0 Å². The lowest BCUT2D eigenvalue weighted by atomic mass is 9.97. The van der Waals surface area contributed by atoms with Gasteiger partial charge in [0.05, 0.1) is 0 Å². The van der Waals surface area contributed by atoms with Gasteiger partial charge in [0.15, 0.2) is 0 Å². The zero-order valence-corrected chi connectivity index (χ0v) is 14.8. The van der Waals surface area contributed by atoms with Gasteiger partial charge in [0.2, 0.25) is 0 Å². The summed E-state index contributed by atoms with van der Waals surface area (Å²) in [5, 5.41) is 3.67. The van der Waals surface area contributed by atoms with Crippen LogP contribution in [0.4, 0.5) is 0 Å². The second-order valence-electron chi connectivity index (χ2n) is 6.32. The number of benzene rings is 1. The van der Waals surface area contributed by atoms with Crippen LogP contribution in [0, 0.1) is 5.92 Å². The topological polar surface area (TPSA) is 15.3 Å². The molecule has 2 nitrogen and oxygen atoms in total. The number of nitrogens with zero attached hydrogens (tertiary/aromatic N) is 1. The van der Waals surface area contributed by atoms with Crippen molar-refractivity contribution in [1.29, 1.82) is 0 Å². The summed E-state index contributed by atoms with van der Waals surface area (Å²) in [6, 6.07) is 10.0. The Bertz CT molecular complexity index is 385. The molecule has 0 aromatic heterocycles. The Balaban J connectivity index is 2.83. The maximum Gasteiger partial charge on any atom is 0.0475 e. The first kappa shape index (κ1) is 18.2. The van der Waals surface area contributed by atoms with E-state index in [9.17, 15) is 0 Å². The van der Waals surface area contributed by atoms with Crippen molar-refractivity contribution in [3.63, 3.8) is 0 Å². The minimum absolute atomic E-state index is 0.398. The van der Waals surface area contributed by atoms with E-state index in [1.807, 2.05) is 0 Å². The van der Waals surface area contributed by atoms with Crippen molar-refractivity contribution in [3.05, 3.63) is 35.4 Å². The van der Waals surface area contributed by atoms with Gasteiger partial charge in [-0.1, -0.05) is 58.4 Å². The van der Waals surface area contributed by atoms with Crippen molar-refractivity contribution >= 4 is 0 Å². The van der Waals surface area contributed by atoms with E-state index in [2.05, 4.69) is 76.1 Å². The predicted molar refractivity (Wildman–Crippen MR) is 93.8 cm³/mol. The molecule has 0 saturated carbocycles. The fourth-order valence-electron chi connectivity index (χ4n) is 2.79. The molecule has 0 aliphatic rings. The molecule has 120 valence electrons. The molecule has 3 atom stereocenters. The zero-order valence-electron chi connectivity index (χ0n) is 14.8. The standard InChI is InChI=1S/C19H34N2/c1-7-15(4)14-21(6)16(5)19(20-9-3)18-12-10-17(8-2)11-13-18/h10-13,15-16,19-20H,7-9,14H2,1-6H3. The van der Waals surface area contributed by atoms with Gasteiger partial charge in [-0.15, -0.1) is 0 Å². The van der Waals surface area contributed by atoms with Crippen molar-refractivity contribution < 1.29 is 0 Å². The van der Waals surface area contributed by atoms with Gasteiger partial charge in [-0.3, -0.25) is 0 Å². The minimum Gasteiger partial charge on any atom is -0.309 e. The Hall–Kier alpha value is -0.860.